The first-order valence-electron chi connectivity index (χ1n) is 8.33. The van der Waals surface area contributed by atoms with Gasteiger partial charge in [0.05, 0.1) is 19.9 Å². The number of hydrogen-bond donors (Lipinski definition) is 2. The van der Waals surface area contributed by atoms with E-state index >= 15 is 0 Å². The summed E-state index contributed by atoms with van der Waals surface area (Å²) >= 11 is 0. The highest BCUT2D eigenvalue weighted by atomic mass is 16.5. The van der Waals surface area contributed by atoms with Gasteiger partial charge in [0.1, 0.15) is 5.65 Å². The molecule has 7 heteroatoms. The van der Waals surface area contributed by atoms with E-state index in [4.69, 9.17) is 15.2 Å². The molecule has 7 nitrogen and oxygen atoms in total. The first kappa shape index (κ1) is 17.6. The predicted molar refractivity (Wildman–Crippen MR) is 103 cm³/mol. The van der Waals surface area contributed by atoms with Crippen LogP contribution in [0.4, 0.5) is 5.69 Å². The molecule has 0 unspecified atom stereocenters. The Morgan fingerprint density at radius 2 is 2.04 bits per heavy atom. The fourth-order valence-corrected chi connectivity index (χ4v) is 2.72. The number of ether oxygens (including phenoxy) is 2. The van der Waals surface area contributed by atoms with Gasteiger partial charge in [0.15, 0.2) is 17.5 Å². The Bertz CT molecular complexity index is 933. The number of rotatable bonds is 6. The van der Waals surface area contributed by atoms with E-state index in [-0.39, 0.29) is 0 Å². The van der Waals surface area contributed by atoms with Crippen molar-refractivity contribution < 1.29 is 9.47 Å². The Labute approximate surface area is 152 Å². The van der Waals surface area contributed by atoms with E-state index < -0.39 is 0 Å². The van der Waals surface area contributed by atoms with Gasteiger partial charge in [-0.1, -0.05) is 6.07 Å². The van der Waals surface area contributed by atoms with Crippen molar-refractivity contribution in [1.29, 1.82) is 0 Å². The zero-order valence-electron chi connectivity index (χ0n) is 15.2. The van der Waals surface area contributed by atoms with Crippen molar-refractivity contribution in [3.8, 4) is 11.5 Å². The lowest BCUT2D eigenvalue weighted by atomic mass is 10.3. The summed E-state index contributed by atoms with van der Waals surface area (Å²) in [6.07, 6.45) is 4.74. The number of aromatic nitrogens is 2. The monoisotopic (exact) mass is 353 g/mol. The molecule has 2 heterocycles. The number of imidazole rings is 1. The zero-order chi connectivity index (χ0) is 18.5. The predicted octanol–water partition coefficient (Wildman–Crippen LogP) is 2.63. The average molecular weight is 353 g/mol. The summed E-state index contributed by atoms with van der Waals surface area (Å²) in [7, 11) is 3.19. The number of aryl methyl sites for hydroxylation is 1. The van der Waals surface area contributed by atoms with E-state index in [1.54, 1.807) is 14.2 Å². The molecular formula is C19H23N5O2. The molecular weight excluding hydrogens is 330 g/mol. The quantitative estimate of drug-likeness (QED) is 0.525. The normalized spacial score (nSPS) is 11.6. The van der Waals surface area contributed by atoms with Crippen molar-refractivity contribution in [2.24, 2.45) is 10.7 Å². The lowest BCUT2D eigenvalue weighted by molar-refractivity contribution is 0.355. The molecule has 26 heavy (non-hydrogen) atoms. The molecule has 0 saturated heterocycles. The van der Waals surface area contributed by atoms with Gasteiger partial charge in [0.2, 0.25) is 0 Å². The van der Waals surface area contributed by atoms with Crippen LogP contribution >= 0.6 is 0 Å². The van der Waals surface area contributed by atoms with Crippen molar-refractivity contribution in [1.82, 2.24) is 9.38 Å². The first-order chi connectivity index (χ1) is 12.6. The zero-order valence-corrected chi connectivity index (χ0v) is 15.2. The number of nitrogens with one attached hydrogen (secondary N) is 1. The Kier molecular flexibility index (Phi) is 5.26. The third-order valence-corrected chi connectivity index (χ3v) is 4.03. The number of guanidine groups is 1. The fraction of sp³-hybridized carbons (Fsp3) is 0.263. The van der Waals surface area contributed by atoms with Gasteiger partial charge in [-0.05, 0) is 30.7 Å². The second-order valence-corrected chi connectivity index (χ2v) is 5.87. The maximum Gasteiger partial charge on any atom is 0.193 e. The average Bonchev–Trinajstić information content (AvgIpc) is 3.06. The van der Waals surface area contributed by atoms with Crippen LogP contribution in [0.5, 0.6) is 11.5 Å². The number of benzene rings is 1. The van der Waals surface area contributed by atoms with Gasteiger partial charge in [0.25, 0.3) is 0 Å². The molecule has 0 radical (unpaired) electrons. The summed E-state index contributed by atoms with van der Waals surface area (Å²) in [5.74, 6) is 1.64. The van der Waals surface area contributed by atoms with Crippen molar-refractivity contribution in [3.63, 3.8) is 0 Å². The second-order valence-electron chi connectivity index (χ2n) is 5.87. The number of nitrogens with two attached hydrogens (primary N) is 1. The molecule has 1 aromatic carbocycles. The van der Waals surface area contributed by atoms with Crippen LogP contribution in [0, 0.1) is 6.92 Å². The minimum Gasteiger partial charge on any atom is -0.493 e. The van der Waals surface area contributed by atoms with Crippen LogP contribution in [0.2, 0.25) is 0 Å². The topological polar surface area (TPSA) is 86.2 Å². The van der Waals surface area contributed by atoms with Gasteiger partial charge in [-0.2, -0.15) is 0 Å². The molecule has 0 bridgehead atoms. The lowest BCUT2D eigenvalue weighted by Gasteiger charge is -2.10. The van der Waals surface area contributed by atoms with Crippen LogP contribution in [0.25, 0.3) is 5.65 Å². The first-order valence-corrected chi connectivity index (χ1v) is 8.33. The SMILES string of the molecule is COc1ccc(NC(N)=NCCc2cn3cccc(C)c3n2)cc1OC. The highest BCUT2D eigenvalue weighted by Gasteiger charge is 2.06. The summed E-state index contributed by atoms with van der Waals surface area (Å²) < 4.78 is 12.5. The molecule has 2 aromatic heterocycles. The summed E-state index contributed by atoms with van der Waals surface area (Å²) in [5, 5.41) is 3.06. The molecule has 0 aliphatic carbocycles. The van der Waals surface area contributed by atoms with Gasteiger partial charge in [-0.3, -0.25) is 4.99 Å². The molecule has 3 N–H and O–H groups in total. The lowest BCUT2D eigenvalue weighted by Crippen LogP contribution is -2.23. The Balaban J connectivity index is 1.62. The smallest absolute Gasteiger partial charge is 0.193 e. The maximum atomic E-state index is 5.97. The second kappa shape index (κ2) is 7.77. The fourth-order valence-electron chi connectivity index (χ4n) is 2.72. The molecule has 3 rings (SSSR count). The molecule has 0 atom stereocenters. The van der Waals surface area contributed by atoms with Gasteiger partial charge < -0.3 is 24.9 Å². The van der Waals surface area contributed by atoms with E-state index in [2.05, 4.69) is 28.3 Å². The highest BCUT2D eigenvalue weighted by Crippen LogP contribution is 2.29. The minimum atomic E-state index is 0.345. The van der Waals surface area contributed by atoms with Crippen LogP contribution in [-0.4, -0.2) is 36.1 Å². The molecule has 0 saturated carbocycles. The van der Waals surface area contributed by atoms with E-state index in [9.17, 15) is 0 Å². The van der Waals surface area contributed by atoms with E-state index in [0.29, 0.717) is 24.0 Å². The highest BCUT2D eigenvalue weighted by molar-refractivity contribution is 5.92. The number of methoxy groups -OCH3 is 2. The Morgan fingerprint density at radius 1 is 1.23 bits per heavy atom. The molecule has 136 valence electrons. The van der Waals surface area contributed by atoms with Crippen molar-refractivity contribution in [3.05, 3.63) is 54.0 Å². The number of hydrogen-bond acceptors (Lipinski definition) is 4. The van der Waals surface area contributed by atoms with Crippen LogP contribution < -0.4 is 20.5 Å². The van der Waals surface area contributed by atoms with Crippen LogP contribution in [0.1, 0.15) is 11.3 Å². The molecule has 3 aromatic rings. The molecule has 0 aliphatic rings. The number of aliphatic imine (C=N–C) groups is 1. The van der Waals surface area contributed by atoms with E-state index in [1.807, 2.05) is 41.1 Å². The molecule has 0 amide bonds. The van der Waals surface area contributed by atoms with Crippen molar-refractivity contribution in [2.75, 3.05) is 26.1 Å². The van der Waals surface area contributed by atoms with Gasteiger partial charge >= 0.3 is 0 Å². The van der Waals surface area contributed by atoms with E-state index in [0.717, 1.165) is 29.0 Å². The van der Waals surface area contributed by atoms with Crippen molar-refractivity contribution in [2.45, 2.75) is 13.3 Å². The standard InChI is InChI=1S/C19H23N5O2/c1-13-5-4-10-24-12-15(22-18(13)24)8-9-21-19(20)23-14-6-7-16(25-2)17(11-14)26-3/h4-7,10-12H,8-9H2,1-3H3,(H3,20,21,23). The minimum absolute atomic E-state index is 0.345. The van der Waals surface area contributed by atoms with E-state index in [1.165, 1.54) is 0 Å². The van der Waals surface area contributed by atoms with Crippen LogP contribution in [0.15, 0.2) is 47.7 Å². The molecule has 0 fully saturated rings. The van der Waals surface area contributed by atoms with Crippen LogP contribution in [-0.2, 0) is 6.42 Å². The third-order valence-electron chi connectivity index (χ3n) is 4.03. The molecule has 0 spiro atoms. The number of nitrogens with zero attached hydrogens (tertiary/aromatic N) is 3. The van der Waals surface area contributed by atoms with Gasteiger partial charge in [-0.25, -0.2) is 4.98 Å². The largest absolute Gasteiger partial charge is 0.493 e. The number of pyridine rings is 1. The number of fused-ring (bicyclic) bond motifs is 1. The Hall–Kier alpha value is -3.22. The summed E-state index contributed by atoms with van der Waals surface area (Å²) in [6.45, 7) is 2.60. The number of anilines is 1. The maximum absolute atomic E-state index is 5.97. The summed E-state index contributed by atoms with van der Waals surface area (Å²) in [6, 6.07) is 9.54. The summed E-state index contributed by atoms with van der Waals surface area (Å²) in [5.41, 5.74) is 9.87. The summed E-state index contributed by atoms with van der Waals surface area (Å²) in [4.78, 5) is 9.00. The van der Waals surface area contributed by atoms with Gasteiger partial charge in [0, 0.05) is 37.1 Å². The third kappa shape index (κ3) is 3.88. The Morgan fingerprint density at radius 3 is 2.77 bits per heavy atom. The molecule has 0 aliphatic heterocycles. The van der Waals surface area contributed by atoms with Crippen LogP contribution in [0.3, 0.4) is 0 Å². The van der Waals surface area contributed by atoms with Crippen molar-refractivity contribution >= 4 is 17.3 Å². The van der Waals surface area contributed by atoms with Gasteiger partial charge in [-0.15, -0.1) is 0 Å².